The van der Waals surface area contributed by atoms with Gasteiger partial charge in [0.1, 0.15) is 5.75 Å². The van der Waals surface area contributed by atoms with Gasteiger partial charge in [-0.15, -0.1) is 0 Å². The van der Waals surface area contributed by atoms with Crippen LogP contribution in [0.15, 0.2) is 115 Å². The Morgan fingerprint density at radius 2 is 1.47 bits per heavy atom. The van der Waals surface area contributed by atoms with Crippen LogP contribution < -0.4 is 14.5 Å². The molecule has 1 heterocycles. The van der Waals surface area contributed by atoms with Gasteiger partial charge in [-0.25, -0.2) is 0 Å². The molecule has 5 heteroatoms. The number of rotatable bonds is 6. The van der Waals surface area contributed by atoms with Crippen molar-refractivity contribution in [1.29, 1.82) is 0 Å². The van der Waals surface area contributed by atoms with Gasteiger partial charge >= 0.3 is 0 Å². The van der Waals surface area contributed by atoms with Gasteiger partial charge in [0, 0.05) is 29.1 Å². The molecule has 2 amide bonds. The molecule has 4 aromatic rings. The highest BCUT2D eigenvalue weighted by molar-refractivity contribution is 6.08. The molecule has 2 atom stereocenters. The lowest BCUT2D eigenvalue weighted by Gasteiger charge is -2.43. The minimum atomic E-state index is -0.231. The number of carbonyl (C=O) groups is 2. The molecular weight excluding hydrogens is 472 g/mol. The smallest absolute Gasteiger partial charge is 0.258 e. The van der Waals surface area contributed by atoms with Crippen LogP contribution in [0, 0.1) is 0 Å². The molecule has 0 spiro atoms. The second-order valence-corrected chi connectivity index (χ2v) is 9.35. The van der Waals surface area contributed by atoms with Crippen LogP contribution >= 0.6 is 0 Å². The highest BCUT2D eigenvalue weighted by atomic mass is 16.5. The largest absolute Gasteiger partial charge is 0.497 e. The van der Waals surface area contributed by atoms with Crippen LogP contribution in [0.4, 0.5) is 11.4 Å². The average molecular weight is 503 g/mol. The van der Waals surface area contributed by atoms with Crippen molar-refractivity contribution in [2.45, 2.75) is 25.4 Å². The summed E-state index contributed by atoms with van der Waals surface area (Å²) in [6.45, 7) is 2.04. The van der Waals surface area contributed by atoms with E-state index in [0.29, 0.717) is 12.0 Å². The molecule has 0 N–H and O–H groups in total. The van der Waals surface area contributed by atoms with Gasteiger partial charge in [-0.05, 0) is 73.0 Å². The average Bonchev–Trinajstić information content (AvgIpc) is 2.97. The lowest BCUT2D eigenvalue weighted by atomic mass is 9.89. The monoisotopic (exact) mass is 502 g/mol. The van der Waals surface area contributed by atoms with Crippen molar-refractivity contribution in [3.63, 3.8) is 0 Å². The Kier molecular flexibility index (Phi) is 7.36. The lowest BCUT2D eigenvalue weighted by molar-refractivity contribution is -0.114. The molecular formula is C33H30N2O3. The predicted molar refractivity (Wildman–Crippen MR) is 152 cm³/mol. The molecule has 0 fully saturated rings. The number of para-hydroxylation sites is 2. The zero-order valence-electron chi connectivity index (χ0n) is 21.5. The van der Waals surface area contributed by atoms with Crippen LogP contribution in [0.1, 0.15) is 40.9 Å². The van der Waals surface area contributed by atoms with Crippen LogP contribution in [0.5, 0.6) is 5.75 Å². The Balaban J connectivity index is 1.51. The summed E-state index contributed by atoms with van der Waals surface area (Å²) in [5.74, 6) is 0.606. The minimum Gasteiger partial charge on any atom is -0.497 e. The third-order valence-electron chi connectivity index (χ3n) is 6.92. The van der Waals surface area contributed by atoms with Crippen LogP contribution in [0.2, 0.25) is 0 Å². The zero-order valence-corrected chi connectivity index (χ0v) is 21.5. The molecule has 5 rings (SSSR count). The molecule has 4 aromatic carbocycles. The van der Waals surface area contributed by atoms with Crippen LogP contribution in [0.25, 0.3) is 6.08 Å². The SMILES string of the molecule is COc1ccc(C=CC(=O)N2c3ccccc3C(N(C(=O)c3ccccc3)c3ccccc3)CC2C)cc1. The topological polar surface area (TPSA) is 49.9 Å². The van der Waals surface area contributed by atoms with Crippen molar-refractivity contribution < 1.29 is 14.3 Å². The normalized spacial score (nSPS) is 16.6. The highest BCUT2D eigenvalue weighted by Crippen LogP contribution is 2.42. The second kappa shape index (κ2) is 11.2. The molecule has 0 radical (unpaired) electrons. The van der Waals surface area contributed by atoms with Crippen LogP contribution in [-0.4, -0.2) is 25.0 Å². The number of nitrogens with zero attached hydrogens (tertiary/aromatic N) is 2. The standard InChI is InChI=1S/C33H30N2O3/c1-24-23-31(35(27-13-7-4-8-14-27)33(37)26-11-5-3-6-12-26)29-15-9-10-16-30(29)34(24)32(36)22-19-25-17-20-28(38-2)21-18-25/h3-22,24,31H,23H2,1-2H3. The molecule has 0 saturated heterocycles. The summed E-state index contributed by atoms with van der Waals surface area (Å²) >= 11 is 0. The maximum atomic E-state index is 13.9. The van der Waals surface area contributed by atoms with E-state index in [1.807, 2.05) is 132 Å². The second-order valence-electron chi connectivity index (χ2n) is 9.35. The van der Waals surface area contributed by atoms with E-state index >= 15 is 0 Å². The maximum Gasteiger partial charge on any atom is 0.258 e. The first-order valence-corrected chi connectivity index (χ1v) is 12.7. The van der Waals surface area contributed by atoms with E-state index in [9.17, 15) is 9.59 Å². The molecule has 0 aliphatic carbocycles. The van der Waals surface area contributed by atoms with Gasteiger partial charge in [0.25, 0.3) is 11.8 Å². The van der Waals surface area contributed by atoms with E-state index in [2.05, 4.69) is 0 Å². The third-order valence-corrected chi connectivity index (χ3v) is 6.92. The zero-order chi connectivity index (χ0) is 26.5. The number of hydrogen-bond acceptors (Lipinski definition) is 3. The Bertz CT molecular complexity index is 1430. The molecule has 1 aliphatic heterocycles. The number of amides is 2. The minimum absolute atomic E-state index is 0.0667. The van der Waals surface area contributed by atoms with Crippen molar-refractivity contribution in [2.75, 3.05) is 16.9 Å². The number of fused-ring (bicyclic) bond motifs is 1. The van der Waals surface area contributed by atoms with Crippen molar-refractivity contribution >= 4 is 29.3 Å². The van der Waals surface area contributed by atoms with E-state index in [4.69, 9.17) is 4.74 Å². The van der Waals surface area contributed by atoms with Gasteiger partial charge in [0.2, 0.25) is 0 Å². The Labute approximate surface area is 223 Å². The van der Waals surface area contributed by atoms with E-state index in [-0.39, 0.29) is 23.9 Å². The van der Waals surface area contributed by atoms with Gasteiger partial charge in [-0.2, -0.15) is 0 Å². The molecule has 0 aromatic heterocycles. The maximum absolute atomic E-state index is 13.9. The Morgan fingerprint density at radius 3 is 2.16 bits per heavy atom. The number of ether oxygens (including phenoxy) is 1. The number of anilines is 2. The Morgan fingerprint density at radius 1 is 0.842 bits per heavy atom. The summed E-state index contributed by atoms with van der Waals surface area (Å²) < 4.78 is 5.22. The van der Waals surface area contributed by atoms with Gasteiger partial charge in [-0.1, -0.05) is 66.7 Å². The van der Waals surface area contributed by atoms with E-state index in [1.54, 1.807) is 13.2 Å². The molecule has 38 heavy (non-hydrogen) atoms. The fourth-order valence-corrected chi connectivity index (χ4v) is 5.07. The van der Waals surface area contributed by atoms with Crippen molar-refractivity contribution in [2.24, 2.45) is 0 Å². The van der Waals surface area contributed by atoms with Crippen molar-refractivity contribution in [1.82, 2.24) is 0 Å². The summed E-state index contributed by atoms with van der Waals surface area (Å²) in [4.78, 5) is 31.1. The molecule has 0 bridgehead atoms. The Hall–Kier alpha value is -4.64. The van der Waals surface area contributed by atoms with Crippen LogP contribution in [-0.2, 0) is 4.79 Å². The van der Waals surface area contributed by atoms with E-state index < -0.39 is 0 Å². The number of carbonyl (C=O) groups excluding carboxylic acids is 2. The van der Waals surface area contributed by atoms with Crippen LogP contribution in [0.3, 0.4) is 0 Å². The molecule has 0 saturated carbocycles. The first kappa shape index (κ1) is 25.0. The van der Waals surface area contributed by atoms with Gasteiger partial charge in [0.05, 0.1) is 13.2 Å². The highest BCUT2D eigenvalue weighted by Gasteiger charge is 2.38. The summed E-state index contributed by atoms with van der Waals surface area (Å²) in [6, 6.07) is 34.2. The fourth-order valence-electron chi connectivity index (χ4n) is 5.07. The summed E-state index contributed by atoms with van der Waals surface area (Å²) in [6.07, 6.45) is 4.03. The molecule has 2 unspecified atom stereocenters. The molecule has 190 valence electrons. The lowest BCUT2D eigenvalue weighted by Crippen LogP contribution is -2.47. The predicted octanol–water partition coefficient (Wildman–Crippen LogP) is 6.92. The van der Waals surface area contributed by atoms with E-state index in [1.165, 1.54) is 0 Å². The van der Waals surface area contributed by atoms with Gasteiger partial charge < -0.3 is 14.5 Å². The van der Waals surface area contributed by atoms with Gasteiger partial charge in [-0.3, -0.25) is 9.59 Å². The summed E-state index contributed by atoms with van der Waals surface area (Å²) in [5, 5.41) is 0. The first-order valence-electron chi connectivity index (χ1n) is 12.7. The fraction of sp³-hybridized carbons (Fsp3) is 0.152. The summed E-state index contributed by atoms with van der Waals surface area (Å²) in [7, 11) is 1.63. The van der Waals surface area contributed by atoms with E-state index in [0.717, 1.165) is 28.3 Å². The third kappa shape index (κ3) is 5.09. The van der Waals surface area contributed by atoms with Gasteiger partial charge in [0.15, 0.2) is 0 Å². The quantitative estimate of drug-likeness (QED) is 0.269. The number of methoxy groups -OCH3 is 1. The first-order chi connectivity index (χ1) is 18.6. The molecule has 1 aliphatic rings. The van der Waals surface area contributed by atoms with Crippen molar-refractivity contribution in [3.8, 4) is 5.75 Å². The summed E-state index contributed by atoms with van der Waals surface area (Å²) in [5.41, 5.74) is 4.14. The number of hydrogen-bond donors (Lipinski definition) is 0. The number of benzene rings is 4. The molecule has 5 nitrogen and oxygen atoms in total. The van der Waals surface area contributed by atoms with Crippen molar-refractivity contribution in [3.05, 3.63) is 132 Å².